The topological polar surface area (TPSA) is 94.3 Å². The van der Waals surface area contributed by atoms with E-state index in [9.17, 15) is 4.39 Å². The number of nitrogens with zero attached hydrogens (tertiary/aromatic N) is 3. The molecule has 1 aliphatic carbocycles. The van der Waals surface area contributed by atoms with Gasteiger partial charge in [0.2, 0.25) is 0 Å². The van der Waals surface area contributed by atoms with E-state index in [1.165, 1.54) is 12.1 Å². The summed E-state index contributed by atoms with van der Waals surface area (Å²) < 4.78 is 14.9. The van der Waals surface area contributed by atoms with Crippen molar-refractivity contribution in [1.29, 1.82) is 0 Å². The molecule has 0 radical (unpaired) electrons. The fourth-order valence-corrected chi connectivity index (χ4v) is 3.60. The van der Waals surface area contributed by atoms with Crippen molar-refractivity contribution in [2.45, 2.75) is 37.6 Å². The Morgan fingerprint density at radius 2 is 1.84 bits per heavy atom. The van der Waals surface area contributed by atoms with Gasteiger partial charge >= 0.3 is 0 Å². The first-order valence-corrected chi connectivity index (χ1v) is 8.52. The molecule has 0 atom stereocenters. The number of fused-ring (bicyclic) bond motifs is 1. The van der Waals surface area contributed by atoms with Crippen LogP contribution in [0.1, 0.15) is 37.2 Å². The maximum Gasteiger partial charge on any atom is 0.177 e. The lowest BCUT2D eigenvalue weighted by molar-refractivity contribution is 0.396. The second-order valence-corrected chi connectivity index (χ2v) is 6.61. The van der Waals surface area contributed by atoms with Gasteiger partial charge in [0.15, 0.2) is 5.65 Å². The molecule has 0 unspecified atom stereocenters. The third kappa shape index (κ3) is 3.02. The second-order valence-electron chi connectivity index (χ2n) is 6.61. The number of hydrogen-bond donors (Lipinski definition) is 3. The van der Waals surface area contributed by atoms with Gasteiger partial charge in [-0.25, -0.2) is 13.9 Å². The molecule has 1 aromatic carbocycles. The molecule has 0 aliphatic heterocycles. The normalized spacial score (nSPS) is 20.7. The molecule has 5 N–H and O–H groups in total. The highest BCUT2D eigenvalue weighted by molar-refractivity contribution is 5.80. The summed E-state index contributed by atoms with van der Waals surface area (Å²) in [5.74, 6) is 0.514. The molecule has 2 heterocycles. The summed E-state index contributed by atoms with van der Waals surface area (Å²) in [6, 6.07) is 6.51. The lowest BCUT2D eigenvalue weighted by Crippen LogP contribution is -2.26. The average Bonchev–Trinajstić information content (AvgIpc) is 3.06. The van der Waals surface area contributed by atoms with Crippen LogP contribution in [0.5, 0.6) is 0 Å². The molecule has 0 bridgehead atoms. The van der Waals surface area contributed by atoms with E-state index in [2.05, 4.69) is 15.4 Å². The Hall–Kier alpha value is -2.67. The van der Waals surface area contributed by atoms with E-state index in [0.29, 0.717) is 11.5 Å². The number of nitrogen functional groups attached to an aromatic ring is 1. The number of rotatable bonds is 3. The van der Waals surface area contributed by atoms with Crippen molar-refractivity contribution in [3.05, 3.63) is 48.0 Å². The molecule has 130 valence electrons. The summed E-state index contributed by atoms with van der Waals surface area (Å²) in [5, 5.41) is 7.82. The minimum absolute atomic E-state index is 0.258. The van der Waals surface area contributed by atoms with E-state index >= 15 is 0 Å². The van der Waals surface area contributed by atoms with Gasteiger partial charge in [-0.1, -0.05) is 0 Å². The van der Waals surface area contributed by atoms with Gasteiger partial charge in [0.05, 0.1) is 5.69 Å². The molecule has 1 saturated carbocycles. The Balaban J connectivity index is 1.80. The highest BCUT2D eigenvalue weighted by atomic mass is 19.1. The van der Waals surface area contributed by atoms with Crippen molar-refractivity contribution in [1.82, 2.24) is 14.6 Å². The SMILES string of the molecule is Nc1nn2ccnc2c(Nc2ccc(F)cc2)c1[C@H]1CC[C@H](N)CC1. The summed E-state index contributed by atoms with van der Waals surface area (Å²) in [7, 11) is 0. The molecule has 0 saturated heterocycles. The van der Waals surface area contributed by atoms with E-state index in [0.717, 1.165) is 42.6 Å². The minimum atomic E-state index is -0.271. The van der Waals surface area contributed by atoms with Gasteiger partial charge in [-0.15, -0.1) is 5.10 Å². The van der Waals surface area contributed by atoms with Crippen LogP contribution in [0.4, 0.5) is 21.6 Å². The third-order valence-corrected chi connectivity index (χ3v) is 4.90. The Morgan fingerprint density at radius 3 is 2.56 bits per heavy atom. The number of hydrogen-bond acceptors (Lipinski definition) is 5. The Kier molecular flexibility index (Phi) is 4.01. The van der Waals surface area contributed by atoms with E-state index in [1.54, 1.807) is 29.0 Å². The quantitative estimate of drug-likeness (QED) is 0.681. The van der Waals surface area contributed by atoms with Crippen LogP contribution >= 0.6 is 0 Å². The monoisotopic (exact) mass is 340 g/mol. The summed E-state index contributed by atoms with van der Waals surface area (Å²) in [6.07, 6.45) is 7.35. The van der Waals surface area contributed by atoms with Gasteiger partial charge in [0.1, 0.15) is 11.6 Å². The highest BCUT2D eigenvalue weighted by Crippen LogP contribution is 2.41. The molecule has 25 heavy (non-hydrogen) atoms. The lowest BCUT2D eigenvalue weighted by Gasteiger charge is -2.28. The summed E-state index contributed by atoms with van der Waals surface area (Å²) in [4.78, 5) is 4.43. The Bertz CT molecular complexity index is 880. The number of halogens is 1. The van der Waals surface area contributed by atoms with Gasteiger partial charge in [-0.05, 0) is 55.9 Å². The van der Waals surface area contributed by atoms with Gasteiger partial charge in [0, 0.05) is 29.7 Å². The third-order valence-electron chi connectivity index (χ3n) is 4.90. The van der Waals surface area contributed by atoms with Gasteiger partial charge in [0.25, 0.3) is 0 Å². The first kappa shape index (κ1) is 15.8. The molecule has 1 fully saturated rings. The van der Waals surface area contributed by atoms with Crippen molar-refractivity contribution in [2.24, 2.45) is 5.73 Å². The maximum atomic E-state index is 13.2. The zero-order valence-electron chi connectivity index (χ0n) is 13.8. The largest absolute Gasteiger partial charge is 0.382 e. The van der Waals surface area contributed by atoms with Crippen LogP contribution in [0.25, 0.3) is 5.65 Å². The van der Waals surface area contributed by atoms with Crippen LogP contribution in [0.3, 0.4) is 0 Å². The van der Waals surface area contributed by atoms with Gasteiger partial charge in [-0.3, -0.25) is 0 Å². The second kappa shape index (κ2) is 6.33. The molecule has 2 aromatic heterocycles. The van der Waals surface area contributed by atoms with E-state index in [4.69, 9.17) is 11.5 Å². The van der Waals surface area contributed by atoms with Crippen molar-refractivity contribution in [2.75, 3.05) is 11.1 Å². The van der Waals surface area contributed by atoms with Crippen LogP contribution in [-0.2, 0) is 0 Å². The predicted molar refractivity (Wildman–Crippen MR) is 96.3 cm³/mol. The van der Waals surface area contributed by atoms with E-state index in [-0.39, 0.29) is 17.8 Å². The van der Waals surface area contributed by atoms with Crippen LogP contribution in [-0.4, -0.2) is 20.6 Å². The van der Waals surface area contributed by atoms with Crippen LogP contribution in [0.15, 0.2) is 36.7 Å². The summed E-state index contributed by atoms with van der Waals surface area (Å²) >= 11 is 0. The van der Waals surface area contributed by atoms with Gasteiger partial charge in [-0.2, -0.15) is 0 Å². The molecule has 7 heteroatoms. The fraction of sp³-hybridized carbons (Fsp3) is 0.333. The van der Waals surface area contributed by atoms with Crippen molar-refractivity contribution >= 4 is 22.8 Å². The fourth-order valence-electron chi connectivity index (χ4n) is 3.60. The van der Waals surface area contributed by atoms with Gasteiger partial charge < -0.3 is 16.8 Å². The Labute approximate surface area is 145 Å². The first-order chi connectivity index (χ1) is 12.1. The number of imidazole rings is 1. The number of anilines is 3. The van der Waals surface area contributed by atoms with E-state index in [1.807, 2.05) is 0 Å². The Morgan fingerprint density at radius 1 is 1.12 bits per heavy atom. The number of nitrogens with two attached hydrogens (primary N) is 2. The average molecular weight is 340 g/mol. The summed E-state index contributed by atoms with van der Waals surface area (Å²) in [5.41, 5.74) is 15.7. The molecule has 1 aliphatic rings. The van der Waals surface area contributed by atoms with Crippen molar-refractivity contribution in [3.8, 4) is 0 Å². The van der Waals surface area contributed by atoms with Crippen molar-refractivity contribution < 1.29 is 4.39 Å². The molecule has 0 amide bonds. The molecule has 4 rings (SSSR count). The molecule has 3 aromatic rings. The predicted octanol–water partition coefficient (Wildman–Crippen LogP) is 3.18. The number of benzene rings is 1. The lowest BCUT2D eigenvalue weighted by atomic mass is 9.81. The molecular formula is C18H21FN6. The van der Waals surface area contributed by atoms with Crippen LogP contribution < -0.4 is 16.8 Å². The first-order valence-electron chi connectivity index (χ1n) is 8.52. The maximum absolute atomic E-state index is 13.2. The smallest absolute Gasteiger partial charge is 0.177 e. The van der Waals surface area contributed by atoms with Crippen molar-refractivity contribution in [3.63, 3.8) is 0 Å². The van der Waals surface area contributed by atoms with Crippen LogP contribution in [0.2, 0.25) is 0 Å². The number of aromatic nitrogens is 3. The van der Waals surface area contributed by atoms with Crippen LogP contribution in [0, 0.1) is 5.82 Å². The zero-order chi connectivity index (χ0) is 17.4. The molecular weight excluding hydrogens is 319 g/mol. The standard InChI is InChI=1S/C18H21FN6/c19-12-3-7-14(8-4-12)23-16-15(11-1-5-13(20)6-2-11)17(21)24-25-10-9-22-18(16)25/h3-4,7-11,13,23H,1-2,5-6,20H2,(H2,21,24)/t11-,13-. The molecule has 0 spiro atoms. The molecule has 6 nitrogen and oxygen atoms in total. The number of nitrogens with one attached hydrogen (secondary N) is 1. The summed E-state index contributed by atoms with van der Waals surface area (Å²) in [6.45, 7) is 0. The minimum Gasteiger partial charge on any atom is -0.382 e. The highest BCUT2D eigenvalue weighted by Gasteiger charge is 2.27. The van der Waals surface area contributed by atoms with E-state index < -0.39 is 0 Å². The zero-order valence-corrected chi connectivity index (χ0v) is 13.8.